The molecule has 0 saturated carbocycles. The number of hydrogen-bond donors (Lipinski definition) is 1. The quantitative estimate of drug-likeness (QED) is 0.756. The van der Waals surface area contributed by atoms with Gasteiger partial charge in [0.1, 0.15) is 0 Å². The van der Waals surface area contributed by atoms with Gasteiger partial charge in [-0.25, -0.2) is 9.78 Å². The summed E-state index contributed by atoms with van der Waals surface area (Å²) in [5, 5.41) is 8.73. The van der Waals surface area contributed by atoms with Crippen LogP contribution in [0.25, 0.3) is 0 Å². The van der Waals surface area contributed by atoms with Gasteiger partial charge in [-0.15, -0.1) is 0 Å². The molecule has 0 aliphatic heterocycles. The standard InChI is InChI=1S/C11H15NO3/c1-3-4-5-15-10-8(2)6-9(7-12-10)11(13)14/h6-7H,3-5H2,1-2H3,(H,13,14). The Labute approximate surface area is 88.9 Å². The van der Waals surface area contributed by atoms with Crippen molar-refractivity contribution < 1.29 is 14.6 Å². The molecule has 1 aromatic rings. The number of aromatic nitrogens is 1. The van der Waals surface area contributed by atoms with Crippen LogP contribution in [-0.2, 0) is 0 Å². The lowest BCUT2D eigenvalue weighted by Crippen LogP contribution is -2.03. The number of aromatic carboxylic acids is 1. The van der Waals surface area contributed by atoms with Crippen LogP contribution in [-0.4, -0.2) is 22.7 Å². The lowest BCUT2D eigenvalue weighted by molar-refractivity contribution is 0.0696. The van der Waals surface area contributed by atoms with E-state index in [2.05, 4.69) is 11.9 Å². The van der Waals surface area contributed by atoms with E-state index < -0.39 is 5.97 Å². The molecule has 0 saturated heterocycles. The molecule has 0 aliphatic rings. The smallest absolute Gasteiger partial charge is 0.337 e. The predicted octanol–water partition coefficient (Wildman–Crippen LogP) is 2.27. The number of carboxylic acids is 1. The average Bonchev–Trinajstić information content (AvgIpc) is 2.20. The Morgan fingerprint density at radius 2 is 2.33 bits per heavy atom. The Bertz CT molecular complexity index is 350. The van der Waals surface area contributed by atoms with E-state index in [-0.39, 0.29) is 5.56 Å². The number of carboxylic acid groups (broad SMARTS) is 1. The van der Waals surface area contributed by atoms with Crippen LogP contribution in [0.4, 0.5) is 0 Å². The van der Waals surface area contributed by atoms with Crippen LogP contribution >= 0.6 is 0 Å². The van der Waals surface area contributed by atoms with Crippen LogP contribution in [0.1, 0.15) is 35.7 Å². The van der Waals surface area contributed by atoms with E-state index in [0.717, 1.165) is 18.4 Å². The second-order valence-electron chi connectivity index (χ2n) is 3.35. The van der Waals surface area contributed by atoms with Crippen molar-refractivity contribution in [3.05, 3.63) is 23.4 Å². The lowest BCUT2D eigenvalue weighted by atomic mass is 10.2. The third-order valence-corrected chi connectivity index (χ3v) is 2.01. The topological polar surface area (TPSA) is 59.4 Å². The van der Waals surface area contributed by atoms with Crippen molar-refractivity contribution in [3.8, 4) is 5.88 Å². The Kier molecular flexibility index (Phi) is 4.09. The van der Waals surface area contributed by atoms with Gasteiger partial charge in [-0.05, 0) is 19.4 Å². The monoisotopic (exact) mass is 209 g/mol. The molecule has 0 spiro atoms. The summed E-state index contributed by atoms with van der Waals surface area (Å²) in [6, 6.07) is 1.57. The molecular weight excluding hydrogens is 194 g/mol. The van der Waals surface area contributed by atoms with Gasteiger partial charge in [-0.2, -0.15) is 0 Å². The summed E-state index contributed by atoms with van der Waals surface area (Å²) in [7, 11) is 0. The summed E-state index contributed by atoms with van der Waals surface area (Å²) >= 11 is 0. The maximum absolute atomic E-state index is 10.6. The van der Waals surface area contributed by atoms with Gasteiger partial charge in [0.05, 0.1) is 12.2 Å². The Morgan fingerprint density at radius 1 is 1.60 bits per heavy atom. The molecule has 0 radical (unpaired) electrons. The molecule has 4 heteroatoms. The van der Waals surface area contributed by atoms with Crippen molar-refractivity contribution in [2.24, 2.45) is 0 Å². The van der Waals surface area contributed by atoms with Crippen molar-refractivity contribution in [1.29, 1.82) is 0 Å². The van der Waals surface area contributed by atoms with Crippen LogP contribution in [0.2, 0.25) is 0 Å². The average molecular weight is 209 g/mol. The van der Waals surface area contributed by atoms with Crippen LogP contribution in [0.5, 0.6) is 5.88 Å². The maximum Gasteiger partial charge on any atom is 0.337 e. The minimum atomic E-state index is -0.967. The third kappa shape index (κ3) is 3.23. The lowest BCUT2D eigenvalue weighted by Gasteiger charge is -2.07. The maximum atomic E-state index is 10.6. The molecule has 1 aromatic heterocycles. The van der Waals surface area contributed by atoms with E-state index in [1.165, 1.54) is 6.20 Å². The van der Waals surface area contributed by atoms with Crippen molar-refractivity contribution in [2.75, 3.05) is 6.61 Å². The number of rotatable bonds is 5. The van der Waals surface area contributed by atoms with E-state index in [0.29, 0.717) is 12.5 Å². The summed E-state index contributed by atoms with van der Waals surface area (Å²) in [5.74, 6) is -0.445. The van der Waals surface area contributed by atoms with E-state index >= 15 is 0 Å². The first-order valence-electron chi connectivity index (χ1n) is 4.98. The molecule has 0 fully saturated rings. The highest BCUT2D eigenvalue weighted by molar-refractivity contribution is 5.87. The van der Waals surface area contributed by atoms with E-state index in [1.54, 1.807) is 13.0 Å². The van der Waals surface area contributed by atoms with Crippen molar-refractivity contribution >= 4 is 5.97 Å². The van der Waals surface area contributed by atoms with Gasteiger partial charge in [0.25, 0.3) is 0 Å². The van der Waals surface area contributed by atoms with Crippen LogP contribution < -0.4 is 4.74 Å². The van der Waals surface area contributed by atoms with E-state index in [1.807, 2.05) is 0 Å². The summed E-state index contributed by atoms with van der Waals surface area (Å²) < 4.78 is 5.41. The van der Waals surface area contributed by atoms with Gasteiger partial charge in [0, 0.05) is 11.8 Å². The SMILES string of the molecule is CCCCOc1ncc(C(=O)O)cc1C. The highest BCUT2D eigenvalue weighted by Gasteiger charge is 2.07. The van der Waals surface area contributed by atoms with Crippen molar-refractivity contribution in [2.45, 2.75) is 26.7 Å². The van der Waals surface area contributed by atoms with Crippen molar-refractivity contribution in [1.82, 2.24) is 4.98 Å². The molecule has 0 amide bonds. The second-order valence-corrected chi connectivity index (χ2v) is 3.35. The second kappa shape index (κ2) is 5.34. The molecule has 0 unspecified atom stereocenters. The van der Waals surface area contributed by atoms with Gasteiger partial charge >= 0.3 is 5.97 Å². The van der Waals surface area contributed by atoms with E-state index in [9.17, 15) is 4.79 Å². The number of hydrogen-bond acceptors (Lipinski definition) is 3. The van der Waals surface area contributed by atoms with E-state index in [4.69, 9.17) is 9.84 Å². The predicted molar refractivity (Wildman–Crippen MR) is 56.3 cm³/mol. The van der Waals surface area contributed by atoms with Gasteiger partial charge in [-0.3, -0.25) is 0 Å². The van der Waals surface area contributed by atoms with Gasteiger partial charge in [-0.1, -0.05) is 13.3 Å². The fraction of sp³-hybridized carbons (Fsp3) is 0.455. The molecule has 0 atom stereocenters. The Morgan fingerprint density at radius 3 is 2.87 bits per heavy atom. The Hall–Kier alpha value is -1.58. The van der Waals surface area contributed by atoms with Gasteiger partial charge in [0.2, 0.25) is 5.88 Å². The minimum absolute atomic E-state index is 0.190. The molecule has 1 rings (SSSR count). The fourth-order valence-electron chi connectivity index (χ4n) is 1.14. The molecule has 15 heavy (non-hydrogen) atoms. The minimum Gasteiger partial charge on any atom is -0.478 e. The first-order chi connectivity index (χ1) is 7.15. The number of pyridine rings is 1. The molecule has 1 heterocycles. The normalized spacial score (nSPS) is 10.0. The zero-order valence-electron chi connectivity index (χ0n) is 8.99. The molecule has 4 nitrogen and oxygen atoms in total. The zero-order chi connectivity index (χ0) is 11.3. The highest BCUT2D eigenvalue weighted by Crippen LogP contribution is 2.15. The summed E-state index contributed by atoms with van der Waals surface area (Å²) in [6.07, 6.45) is 3.35. The van der Waals surface area contributed by atoms with Gasteiger partial charge in [0.15, 0.2) is 0 Å². The molecule has 0 aromatic carbocycles. The molecule has 82 valence electrons. The number of nitrogens with zero attached hydrogens (tertiary/aromatic N) is 1. The van der Waals surface area contributed by atoms with Crippen LogP contribution in [0.3, 0.4) is 0 Å². The number of ether oxygens (including phenoxy) is 1. The summed E-state index contributed by atoms with van der Waals surface area (Å²) in [4.78, 5) is 14.6. The molecular formula is C11H15NO3. The summed E-state index contributed by atoms with van der Waals surface area (Å²) in [5.41, 5.74) is 0.946. The molecule has 0 bridgehead atoms. The first-order valence-corrected chi connectivity index (χ1v) is 4.98. The fourth-order valence-corrected chi connectivity index (χ4v) is 1.14. The molecule has 1 N–H and O–H groups in total. The van der Waals surface area contributed by atoms with Gasteiger partial charge < -0.3 is 9.84 Å². The zero-order valence-corrected chi connectivity index (χ0v) is 8.99. The molecule has 0 aliphatic carbocycles. The number of carbonyl (C=O) groups is 1. The van der Waals surface area contributed by atoms with Crippen LogP contribution in [0, 0.1) is 6.92 Å². The number of aryl methyl sites for hydroxylation is 1. The summed E-state index contributed by atoms with van der Waals surface area (Å²) in [6.45, 7) is 4.49. The number of unbranched alkanes of at least 4 members (excludes halogenated alkanes) is 1. The third-order valence-electron chi connectivity index (χ3n) is 2.01. The highest BCUT2D eigenvalue weighted by atomic mass is 16.5. The van der Waals surface area contributed by atoms with Crippen molar-refractivity contribution in [3.63, 3.8) is 0 Å². The van der Waals surface area contributed by atoms with Crippen LogP contribution in [0.15, 0.2) is 12.3 Å². The Balaban J connectivity index is 2.70. The largest absolute Gasteiger partial charge is 0.478 e. The first kappa shape index (κ1) is 11.5.